The Hall–Kier alpha value is -0.910. The van der Waals surface area contributed by atoms with Crippen molar-refractivity contribution in [1.29, 1.82) is 0 Å². The molecule has 1 rings (SSSR count). The molecule has 0 spiro atoms. The highest BCUT2D eigenvalue weighted by Crippen LogP contribution is 2.22. The topological polar surface area (TPSA) is 55.4 Å². The van der Waals surface area contributed by atoms with Crippen LogP contribution in [0, 0.1) is 6.92 Å². The Bertz CT molecular complexity index is 514. The summed E-state index contributed by atoms with van der Waals surface area (Å²) in [6.07, 6.45) is 2.87. The van der Waals surface area contributed by atoms with Gasteiger partial charge in [0.05, 0.1) is 6.61 Å². The SMILES string of the molecule is COCCNCC(CCCS(C)(=O)=O)c1cccc(C)c1. The number of hydrogen-bond donors (Lipinski definition) is 1. The molecule has 0 aliphatic heterocycles. The number of hydrogen-bond acceptors (Lipinski definition) is 4. The second-order valence-corrected chi connectivity index (χ2v) is 7.84. The molecule has 1 aromatic carbocycles. The maximum atomic E-state index is 11.3. The lowest BCUT2D eigenvalue weighted by atomic mass is 9.93. The van der Waals surface area contributed by atoms with E-state index in [1.54, 1.807) is 7.11 Å². The fraction of sp³-hybridized carbons (Fsp3) is 0.625. The number of sulfone groups is 1. The van der Waals surface area contributed by atoms with E-state index in [2.05, 4.69) is 36.5 Å². The van der Waals surface area contributed by atoms with Crippen LogP contribution >= 0.6 is 0 Å². The molecule has 1 unspecified atom stereocenters. The van der Waals surface area contributed by atoms with E-state index in [0.717, 1.165) is 19.5 Å². The molecule has 0 aliphatic rings. The van der Waals surface area contributed by atoms with Crippen LogP contribution in [0.3, 0.4) is 0 Å². The van der Waals surface area contributed by atoms with E-state index in [1.165, 1.54) is 17.4 Å². The third-order valence-electron chi connectivity index (χ3n) is 3.45. The van der Waals surface area contributed by atoms with Crippen LogP contribution in [0.25, 0.3) is 0 Å². The molecule has 0 amide bonds. The molecular weight excluding hydrogens is 286 g/mol. The van der Waals surface area contributed by atoms with Gasteiger partial charge in [-0.1, -0.05) is 29.8 Å². The highest BCUT2D eigenvalue weighted by molar-refractivity contribution is 7.90. The van der Waals surface area contributed by atoms with Crippen molar-refractivity contribution in [2.24, 2.45) is 0 Å². The Kier molecular flexibility index (Phi) is 7.93. The fourth-order valence-electron chi connectivity index (χ4n) is 2.35. The molecular formula is C16H27NO3S. The molecule has 0 saturated carbocycles. The third-order valence-corrected chi connectivity index (χ3v) is 4.49. The second-order valence-electron chi connectivity index (χ2n) is 5.58. The quantitative estimate of drug-likeness (QED) is 0.672. The van der Waals surface area contributed by atoms with Crippen molar-refractivity contribution in [3.8, 4) is 0 Å². The summed E-state index contributed by atoms with van der Waals surface area (Å²) in [7, 11) is -1.19. The van der Waals surface area contributed by atoms with Gasteiger partial charge in [0.15, 0.2) is 0 Å². The standard InChI is InChI=1S/C16H27NO3S/c1-14-6-4-7-15(12-14)16(13-17-9-10-20-2)8-5-11-21(3,18)19/h4,6-7,12,16-17H,5,8-11,13H2,1-3H3. The highest BCUT2D eigenvalue weighted by atomic mass is 32.2. The van der Waals surface area contributed by atoms with Crippen molar-refractivity contribution < 1.29 is 13.2 Å². The molecule has 0 aliphatic carbocycles. The Morgan fingerprint density at radius 1 is 1.33 bits per heavy atom. The minimum Gasteiger partial charge on any atom is -0.383 e. The van der Waals surface area contributed by atoms with Crippen molar-refractivity contribution in [3.63, 3.8) is 0 Å². The molecule has 1 N–H and O–H groups in total. The molecule has 120 valence electrons. The lowest BCUT2D eigenvalue weighted by Gasteiger charge is -2.18. The molecule has 21 heavy (non-hydrogen) atoms. The first-order valence-electron chi connectivity index (χ1n) is 7.36. The van der Waals surface area contributed by atoms with Crippen molar-refractivity contribution >= 4 is 9.84 Å². The summed E-state index contributed by atoms with van der Waals surface area (Å²) in [5, 5.41) is 3.38. The smallest absolute Gasteiger partial charge is 0.147 e. The van der Waals surface area contributed by atoms with Gasteiger partial charge >= 0.3 is 0 Å². The first kappa shape index (κ1) is 18.1. The van der Waals surface area contributed by atoms with E-state index >= 15 is 0 Å². The molecule has 0 saturated heterocycles. The fourth-order valence-corrected chi connectivity index (χ4v) is 3.04. The predicted molar refractivity (Wildman–Crippen MR) is 87.6 cm³/mol. The van der Waals surface area contributed by atoms with Gasteiger partial charge < -0.3 is 10.1 Å². The molecule has 0 radical (unpaired) electrons. The van der Waals surface area contributed by atoms with Gasteiger partial charge in [-0.25, -0.2) is 8.42 Å². The molecule has 5 heteroatoms. The number of methoxy groups -OCH3 is 1. The average Bonchev–Trinajstić information content (AvgIpc) is 2.40. The predicted octanol–water partition coefficient (Wildman–Crippen LogP) is 2.14. The highest BCUT2D eigenvalue weighted by Gasteiger charge is 2.13. The zero-order chi connectivity index (χ0) is 15.7. The van der Waals surface area contributed by atoms with Crippen molar-refractivity contribution in [1.82, 2.24) is 5.32 Å². The molecule has 1 aromatic rings. The summed E-state index contributed by atoms with van der Waals surface area (Å²) >= 11 is 0. The van der Waals surface area contributed by atoms with Gasteiger partial charge in [-0.05, 0) is 31.2 Å². The zero-order valence-electron chi connectivity index (χ0n) is 13.3. The van der Waals surface area contributed by atoms with Crippen LogP contribution in [0.2, 0.25) is 0 Å². The summed E-state index contributed by atoms with van der Waals surface area (Å²) in [6, 6.07) is 8.44. The molecule has 1 atom stereocenters. The minimum absolute atomic E-state index is 0.257. The minimum atomic E-state index is -2.88. The van der Waals surface area contributed by atoms with Crippen LogP contribution < -0.4 is 5.32 Å². The van der Waals surface area contributed by atoms with Crippen LogP contribution in [0.4, 0.5) is 0 Å². The van der Waals surface area contributed by atoms with Gasteiger partial charge in [-0.2, -0.15) is 0 Å². The summed E-state index contributed by atoms with van der Waals surface area (Å²) in [5.41, 5.74) is 2.51. The van der Waals surface area contributed by atoms with Crippen molar-refractivity contribution in [2.75, 3.05) is 38.8 Å². The third kappa shape index (κ3) is 8.19. The van der Waals surface area contributed by atoms with E-state index in [-0.39, 0.29) is 5.75 Å². The summed E-state index contributed by atoms with van der Waals surface area (Å²) in [6.45, 7) is 4.42. The molecule has 0 fully saturated rings. The first-order chi connectivity index (χ1) is 9.92. The molecule has 0 aromatic heterocycles. The van der Waals surface area contributed by atoms with Gasteiger partial charge in [0.1, 0.15) is 9.84 Å². The maximum absolute atomic E-state index is 11.3. The normalized spacial score (nSPS) is 13.3. The number of ether oxygens (including phenoxy) is 1. The van der Waals surface area contributed by atoms with Crippen LogP contribution in [-0.4, -0.2) is 47.2 Å². The Morgan fingerprint density at radius 3 is 2.71 bits per heavy atom. The van der Waals surface area contributed by atoms with E-state index < -0.39 is 9.84 Å². The van der Waals surface area contributed by atoms with Gasteiger partial charge in [-0.3, -0.25) is 0 Å². The number of aryl methyl sites for hydroxylation is 1. The Balaban J connectivity index is 2.61. The van der Waals surface area contributed by atoms with Crippen molar-refractivity contribution in [2.45, 2.75) is 25.7 Å². The molecule has 0 heterocycles. The lowest BCUT2D eigenvalue weighted by Crippen LogP contribution is -2.25. The monoisotopic (exact) mass is 313 g/mol. The van der Waals surface area contributed by atoms with E-state index in [1.807, 2.05) is 0 Å². The zero-order valence-corrected chi connectivity index (χ0v) is 14.1. The van der Waals surface area contributed by atoms with Gasteiger partial charge in [-0.15, -0.1) is 0 Å². The van der Waals surface area contributed by atoms with Crippen molar-refractivity contribution in [3.05, 3.63) is 35.4 Å². The average molecular weight is 313 g/mol. The largest absolute Gasteiger partial charge is 0.383 e. The van der Waals surface area contributed by atoms with Crippen LogP contribution in [0.1, 0.15) is 29.9 Å². The van der Waals surface area contributed by atoms with Gasteiger partial charge in [0.25, 0.3) is 0 Å². The molecule has 0 bridgehead atoms. The van der Waals surface area contributed by atoms with E-state index in [9.17, 15) is 8.42 Å². The summed E-state index contributed by atoms with van der Waals surface area (Å²) < 4.78 is 27.6. The Morgan fingerprint density at radius 2 is 2.10 bits per heavy atom. The number of nitrogens with one attached hydrogen (secondary N) is 1. The Labute approximate surface area is 128 Å². The number of rotatable bonds is 10. The summed E-state index contributed by atoms with van der Waals surface area (Å²) in [5.74, 6) is 0.594. The number of benzene rings is 1. The van der Waals surface area contributed by atoms with Crippen LogP contribution in [0.15, 0.2) is 24.3 Å². The molecule has 4 nitrogen and oxygen atoms in total. The van der Waals surface area contributed by atoms with Gasteiger partial charge in [0.2, 0.25) is 0 Å². The maximum Gasteiger partial charge on any atom is 0.147 e. The van der Waals surface area contributed by atoms with Crippen LogP contribution in [-0.2, 0) is 14.6 Å². The van der Waals surface area contributed by atoms with E-state index in [4.69, 9.17) is 4.74 Å². The van der Waals surface area contributed by atoms with Gasteiger partial charge in [0, 0.05) is 32.2 Å². The lowest BCUT2D eigenvalue weighted by molar-refractivity contribution is 0.198. The van der Waals surface area contributed by atoms with E-state index in [0.29, 0.717) is 18.9 Å². The summed E-state index contributed by atoms with van der Waals surface area (Å²) in [4.78, 5) is 0. The first-order valence-corrected chi connectivity index (χ1v) is 9.42. The van der Waals surface area contributed by atoms with Crippen LogP contribution in [0.5, 0.6) is 0 Å². The second kappa shape index (κ2) is 9.18.